The highest BCUT2D eigenvalue weighted by Crippen LogP contribution is 2.66. The van der Waals surface area contributed by atoms with Crippen LogP contribution in [0.25, 0.3) is 0 Å². The predicted octanol–water partition coefficient (Wildman–Crippen LogP) is 5.18. The molecule has 0 heterocycles. The van der Waals surface area contributed by atoms with Gasteiger partial charge in [-0.05, 0) is 105 Å². The van der Waals surface area contributed by atoms with Crippen molar-refractivity contribution in [2.75, 3.05) is 6.61 Å². The van der Waals surface area contributed by atoms with Gasteiger partial charge in [-0.25, -0.2) is 0 Å². The Morgan fingerprint density at radius 1 is 0.963 bits per heavy atom. The third kappa shape index (κ3) is 2.97. The number of fused-ring (bicyclic) bond motifs is 5. The standard InChI is InChI=1S/C22H35F3O2/c1-13(12-26)18-5-6-19-17-4-3-14-11-21(27,22(23,24)25)10-8-15(14)16(17)7-9-20(18,19)2/h13-19,26-27H,3-12H2,1-2H3/t13-,14-,15+,16-,17-,18-,19+,20-,21-/m1/s1. The van der Waals surface area contributed by atoms with Gasteiger partial charge in [-0.2, -0.15) is 13.2 Å². The minimum absolute atomic E-state index is 0.0320. The maximum atomic E-state index is 13.3. The maximum absolute atomic E-state index is 13.3. The Hall–Kier alpha value is -0.290. The molecule has 0 aliphatic heterocycles. The highest BCUT2D eigenvalue weighted by Gasteiger charge is 2.61. The summed E-state index contributed by atoms with van der Waals surface area (Å²) in [6, 6.07) is 0. The maximum Gasteiger partial charge on any atom is 0.417 e. The molecule has 0 unspecified atom stereocenters. The van der Waals surface area contributed by atoms with Crippen molar-refractivity contribution in [1.82, 2.24) is 0 Å². The molecule has 4 rings (SSSR count). The van der Waals surface area contributed by atoms with E-state index in [2.05, 4.69) is 13.8 Å². The highest BCUT2D eigenvalue weighted by molar-refractivity contribution is 5.08. The normalized spacial score (nSPS) is 51.2. The average Bonchev–Trinajstić information content (AvgIpc) is 2.97. The summed E-state index contributed by atoms with van der Waals surface area (Å²) in [5.41, 5.74) is -2.17. The van der Waals surface area contributed by atoms with Gasteiger partial charge in [0.2, 0.25) is 0 Å². The zero-order valence-corrected chi connectivity index (χ0v) is 16.6. The van der Waals surface area contributed by atoms with E-state index in [1.54, 1.807) is 0 Å². The van der Waals surface area contributed by atoms with Gasteiger partial charge in [0.25, 0.3) is 0 Å². The Kier molecular flexibility index (Phi) is 4.90. The van der Waals surface area contributed by atoms with E-state index in [1.807, 2.05) is 0 Å². The fourth-order valence-corrected chi connectivity index (χ4v) is 8.24. The number of hydrogen-bond acceptors (Lipinski definition) is 2. The zero-order valence-electron chi connectivity index (χ0n) is 16.6. The minimum Gasteiger partial charge on any atom is -0.396 e. The lowest BCUT2D eigenvalue weighted by Crippen LogP contribution is -2.55. The topological polar surface area (TPSA) is 40.5 Å². The number of alkyl halides is 3. The molecule has 0 aromatic heterocycles. The first-order valence-corrected chi connectivity index (χ1v) is 11.0. The number of halogens is 3. The summed E-state index contributed by atoms with van der Waals surface area (Å²) in [5, 5.41) is 19.9. The van der Waals surface area contributed by atoms with Crippen LogP contribution in [0.1, 0.15) is 71.6 Å². The van der Waals surface area contributed by atoms with Gasteiger partial charge >= 0.3 is 6.18 Å². The lowest BCUT2D eigenvalue weighted by atomic mass is 9.48. The SMILES string of the molecule is C[C@H](CO)[C@H]1CC[C@H]2[C@@H]3CC[C@@H]4C[C@@](O)(C(F)(F)F)CC[C@@H]4[C@H]3CC[C@]12C. The molecule has 4 aliphatic carbocycles. The van der Waals surface area contributed by atoms with Gasteiger partial charge in [0.05, 0.1) is 0 Å². The molecule has 0 spiro atoms. The first-order valence-electron chi connectivity index (χ1n) is 11.0. The van der Waals surface area contributed by atoms with Crippen LogP contribution < -0.4 is 0 Å². The van der Waals surface area contributed by atoms with Gasteiger partial charge in [-0.1, -0.05) is 13.8 Å². The monoisotopic (exact) mass is 388 g/mol. The zero-order chi connectivity index (χ0) is 19.6. The third-order valence-electron chi connectivity index (χ3n) is 9.59. The Labute approximate surface area is 160 Å². The molecule has 2 nitrogen and oxygen atoms in total. The molecular formula is C22H35F3O2. The summed E-state index contributed by atoms with van der Waals surface area (Å²) in [6.45, 7) is 4.84. The molecule has 0 amide bonds. The molecule has 0 aromatic rings. The lowest BCUT2D eigenvalue weighted by molar-refractivity contribution is -0.282. The molecule has 27 heavy (non-hydrogen) atoms. The number of rotatable bonds is 2. The van der Waals surface area contributed by atoms with Gasteiger partial charge in [0.15, 0.2) is 5.60 Å². The van der Waals surface area contributed by atoms with Gasteiger partial charge in [0, 0.05) is 6.61 Å². The molecule has 4 aliphatic rings. The Balaban J connectivity index is 1.51. The van der Waals surface area contributed by atoms with Crippen molar-refractivity contribution in [3.05, 3.63) is 0 Å². The van der Waals surface area contributed by atoms with Crippen molar-refractivity contribution in [2.24, 2.45) is 46.8 Å². The molecule has 5 heteroatoms. The van der Waals surface area contributed by atoms with Crippen molar-refractivity contribution in [3.63, 3.8) is 0 Å². The van der Waals surface area contributed by atoms with E-state index in [0.29, 0.717) is 41.9 Å². The number of aliphatic hydroxyl groups excluding tert-OH is 1. The van der Waals surface area contributed by atoms with Crippen LogP contribution in [0.4, 0.5) is 13.2 Å². The summed E-state index contributed by atoms with van der Waals surface area (Å²) >= 11 is 0. The number of hydrogen-bond donors (Lipinski definition) is 2. The van der Waals surface area contributed by atoms with Gasteiger partial charge < -0.3 is 10.2 Å². The van der Waals surface area contributed by atoms with Crippen molar-refractivity contribution < 1.29 is 23.4 Å². The smallest absolute Gasteiger partial charge is 0.396 e. The fourth-order valence-electron chi connectivity index (χ4n) is 8.24. The minimum atomic E-state index is -4.50. The van der Waals surface area contributed by atoms with Crippen LogP contribution in [-0.2, 0) is 0 Å². The quantitative estimate of drug-likeness (QED) is 0.684. The Bertz CT molecular complexity index is 564. The predicted molar refractivity (Wildman–Crippen MR) is 97.9 cm³/mol. The first kappa shape index (κ1) is 20.0. The molecule has 0 saturated heterocycles. The van der Waals surface area contributed by atoms with Crippen molar-refractivity contribution >= 4 is 0 Å². The molecular weight excluding hydrogens is 353 g/mol. The van der Waals surface area contributed by atoms with Crippen LogP contribution >= 0.6 is 0 Å². The van der Waals surface area contributed by atoms with Gasteiger partial charge in [-0.3, -0.25) is 0 Å². The highest BCUT2D eigenvalue weighted by atomic mass is 19.4. The molecule has 2 N–H and O–H groups in total. The largest absolute Gasteiger partial charge is 0.417 e. The lowest BCUT2D eigenvalue weighted by Gasteiger charge is -2.57. The van der Waals surface area contributed by atoms with E-state index in [9.17, 15) is 23.4 Å². The molecule has 4 fully saturated rings. The molecule has 4 saturated carbocycles. The third-order valence-corrected chi connectivity index (χ3v) is 9.59. The Morgan fingerprint density at radius 2 is 1.67 bits per heavy atom. The van der Waals surface area contributed by atoms with E-state index < -0.39 is 11.8 Å². The van der Waals surface area contributed by atoms with E-state index in [-0.39, 0.29) is 30.8 Å². The van der Waals surface area contributed by atoms with Crippen LogP contribution in [0.5, 0.6) is 0 Å². The van der Waals surface area contributed by atoms with E-state index in [4.69, 9.17) is 0 Å². The molecule has 156 valence electrons. The average molecular weight is 389 g/mol. The Morgan fingerprint density at radius 3 is 2.33 bits per heavy atom. The summed E-state index contributed by atoms with van der Waals surface area (Å²) in [4.78, 5) is 0. The second kappa shape index (κ2) is 6.62. The van der Waals surface area contributed by atoms with Crippen LogP contribution in [0.2, 0.25) is 0 Å². The van der Waals surface area contributed by atoms with Gasteiger partial charge in [0.1, 0.15) is 0 Å². The van der Waals surface area contributed by atoms with Crippen molar-refractivity contribution in [1.29, 1.82) is 0 Å². The molecule has 0 aromatic carbocycles. The van der Waals surface area contributed by atoms with Crippen LogP contribution in [-0.4, -0.2) is 28.6 Å². The van der Waals surface area contributed by atoms with Gasteiger partial charge in [-0.15, -0.1) is 0 Å². The first-order chi connectivity index (χ1) is 12.6. The number of aliphatic hydroxyl groups is 2. The van der Waals surface area contributed by atoms with Crippen LogP contribution in [0.15, 0.2) is 0 Å². The summed E-state index contributed by atoms with van der Waals surface area (Å²) in [6.07, 6.45) is 2.38. The van der Waals surface area contributed by atoms with E-state index >= 15 is 0 Å². The molecule has 0 radical (unpaired) electrons. The van der Waals surface area contributed by atoms with Crippen LogP contribution in [0.3, 0.4) is 0 Å². The molecule has 9 atom stereocenters. The second-order valence-electron chi connectivity index (χ2n) is 10.6. The summed E-state index contributed by atoms with van der Waals surface area (Å²) in [7, 11) is 0. The second-order valence-corrected chi connectivity index (χ2v) is 10.6. The summed E-state index contributed by atoms with van der Waals surface area (Å²) < 4.78 is 40.0. The fraction of sp³-hybridized carbons (Fsp3) is 1.00. The van der Waals surface area contributed by atoms with E-state index in [1.165, 1.54) is 12.8 Å². The van der Waals surface area contributed by atoms with Crippen LogP contribution in [0, 0.1) is 46.8 Å². The molecule has 0 bridgehead atoms. The van der Waals surface area contributed by atoms with Crippen molar-refractivity contribution in [2.45, 2.75) is 83.4 Å². The van der Waals surface area contributed by atoms with Crippen molar-refractivity contribution in [3.8, 4) is 0 Å². The summed E-state index contributed by atoms with van der Waals surface area (Å²) in [5.74, 6) is 3.16. The van der Waals surface area contributed by atoms with E-state index in [0.717, 1.165) is 25.7 Å².